The van der Waals surface area contributed by atoms with Crippen molar-refractivity contribution in [3.05, 3.63) is 40.2 Å². The zero-order chi connectivity index (χ0) is 16.2. The molecule has 1 aliphatic heterocycles. The van der Waals surface area contributed by atoms with E-state index in [0.29, 0.717) is 30.4 Å². The fourth-order valence-corrected chi connectivity index (χ4v) is 2.77. The molecule has 118 valence electrons. The second-order valence-electron chi connectivity index (χ2n) is 5.53. The monoisotopic (exact) mass is 310 g/mol. The molecule has 6 nitrogen and oxygen atoms in total. The van der Waals surface area contributed by atoms with E-state index < -0.39 is 0 Å². The van der Waals surface area contributed by atoms with Gasteiger partial charge in [-0.1, -0.05) is 12.1 Å². The van der Waals surface area contributed by atoms with Crippen LogP contribution in [-0.4, -0.2) is 58.6 Å². The molecule has 1 fully saturated rings. The molecule has 1 aromatic heterocycles. The van der Waals surface area contributed by atoms with Crippen molar-refractivity contribution >= 4 is 16.8 Å². The summed E-state index contributed by atoms with van der Waals surface area (Å²) in [6.07, 6.45) is 5.98. The number of hydrogen-bond donors (Lipinski definition) is 1. The fraction of sp³-hybridized carbons (Fsp3) is 0.353. The quantitative estimate of drug-likeness (QED) is 0.848. The van der Waals surface area contributed by atoms with Crippen molar-refractivity contribution in [2.45, 2.75) is 6.42 Å². The number of carbonyl (C=O) groups excluding carboxylic acids is 1. The van der Waals surface area contributed by atoms with Gasteiger partial charge in [-0.05, 0) is 12.1 Å². The number of terminal acetylenes is 1. The number of nitrogens with zero attached hydrogens (tertiary/aromatic N) is 3. The molecule has 0 radical (unpaired) electrons. The highest BCUT2D eigenvalue weighted by atomic mass is 16.2. The van der Waals surface area contributed by atoms with E-state index >= 15 is 0 Å². The van der Waals surface area contributed by atoms with E-state index in [9.17, 15) is 9.59 Å². The largest absolute Gasteiger partial charge is 0.335 e. The van der Waals surface area contributed by atoms with Crippen molar-refractivity contribution in [2.24, 2.45) is 0 Å². The number of aromatic amines is 1. The smallest absolute Gasteiger partial charge is 0.278 e. The Kier molecular flexibility index (Phi) is 4.40. The Balaban J connectivity index is 1.76. The van der Waals surface area contributed by atoms with Crippen LogP contribution in [-0.2, 0) is 0 Å². The molecule has 2 aromatic rings. The van der Waals surface area contributed by atoms with Gasteiger partial charge in [-0.15, -0.1) is 12.3 Å². The SMILES string of the molecule is C#CCCN1CCN(C(=O)c2n[nH]c3ccccc3c2=O)CC1. The Labute approximate surface area is 134 Å². The minimum absolute atomic E-state index is 0.0409. The molecule has 0 unspecified atom stereocenters. The average molecular weight is 310 g/mol. The Hall–Kier alpha value is -2.65. The number of benzene rings is 1. The first kappa shape index (κ1) is 15.3. The van der Waals surface area contributed by atoms with Gasteiger partial charge < -0.3 is 4.90 Å². The lowest BCUT2D eigenvalue weighted by Crippen LogP contribution is -2.49. The minimum Gasteiger partial charge on any atom is -0.335 e. The van der Waals surface area contributed by atoms with Crippen LogP contribution < -0.4 is 5.43 Å². The summed E-state index contributed by atoms with van der Waals surface area (Å²) in [6, 6.07) is 7.06. The number of para-hydroxylation sites is 1. The van der Waals surface area contributed by atoms with Crippen LogP contribution in [0.25, 0.3) is 10.9 Å². The third-order valence-electron chi connectivity index (χ3n) is 4.11. The van der Waals surface area contributed by atoms with Gasteiger partial charge in [-0.25, -0.2) is 0 Å². The number of H-pyrrole nitrogens is 1. The highest BCUT2D eigenvalue weighted by molar-refractivity contribution is 5.95. The van der Waals surface area contributed by atoms with E-state index in [1.165, 1.54) is 0 Å². The molecule has 6 heteroatoms. The van der Waals surface area contributed by atoms with Crippen molar-refractivity contribution < 1.29 is 4.79 Å². The van der Waals surface area contributed by atoms with Crippen LogP contribution in [0.4, 0.5) is 0 Å². The molecule has 1 saturated heterocycles. The standard InChI is InChI=1S/C17H18N4O2/c1-2-3-8-20-9-11-21(12-10-20)17(23)15-16(22)13-6-4-5-7-14(13)18-19-15/h1,4-7H,3,8-12H2,(H,18,22). The summed E-state index contributed by atoms with van der Waals surface area (Å²) in [7, 11) is 0. The van der Waals surface area contributed by atoms with E-state index in [1.807, 2.05) is 6.07 Å². The maximum Gasteiger partial charge on any atom is 0.278 e. The second kappa shape index (κ2) is 6.63. The van der Waals surface area contributed by atoms with Gasteiger partial charge in [0.25, 0.3) is 5.91 Å². The number of aromatic nitrogens is 2. The normalized spacial score (nSPS) is 15.5. The minimum atomic E-state index is -0.320. The highest BCUT2D eigenvalue weighted by Gasteiger charge is 2.25. The van der Waals surface area contributed by atoms with Gasteiger partial charge in [-0.3, -0.25) is 19.6 Å². The van der Waals surface area contributed by atoms with Crippen LogP contribution in [0.2, 0.25) is 0 Å². The molecule has 1 amide bonds. The zero-order valence-electron chi connectivity index (χ0n) is 12.8. The van der Waals surface area contributed by atoms with Gasteiger partial charge >= 0.3 is 0 Å². The Bertz CT molecular complexity index is 813. The molecule has 23 heavy (non-hydrogen) atoms. The van der Waals surface area contributed by atoms with Crippen molar-refractivity contribution in [3.8, 4) is 12.3 Å². The van der Waals surface area contributed by atoms with Gasteiger partial charge in [0.05, 0.1) is 5.52 Å². The predicted molar refractivity (Wildman–Crippen MR) is 88.2 cm³/mol. The van der Waals surface area contributed by atoms with Crippen LogP contribution in [0.1, 0.15) is 16.9 Å². The third-order valence-corrected chi connectivity index (χ3v) is 4.11. The highest BCUT2D eigenvalue weighted by Crippen LogP contribution is 2.09. The van der Waals surface area contributed by atoms with Crippen molar-refractivity contribution in [1.29, 1.82) is 0 Å². The lowest BCUT2D eigenvalue weighted by Gasteiger charge is -2.34. The van der Waals surface area contributed by atoms with E-state index in [2.05, 4.69) is 21.0 Å². The molecule has 0 aliphatic carbocycles. The maximum atomic E-state index is 12.6. The van der Waals surface area contributed by atoms with Crippen molar-refractivity contribution in [3.63, 3.8) is 0 Å². The molecule has 1 N–H and O–H groups in total. The van der Waals surface area contributed by atoms with Gasteiger partial charge in [-0.2, -0.15) is 5.10 Å². The van der Waals surface area contributed by atoms with E-state index in [0.717, 1.165) is 19.6 Å². The predicted octanol–water partition coefficient (Wildman–Crippen LogP) is 0.704. The molecule has 1 aromatic carbocycles. The summed E-state index contributed by atoms with van der Waals surface area (Å²) in [4.78, 5) is 28.9. The lowest BCUT2D eigenvalue weighted by molar-refractivity contribution is 0.0632. The van der Waals surface area contributed by atoms with E-state index in [-0.39, 0.29) is 17.0 Å². The van der Waals surface area contributed by atoms with E-state index in [1.54, 1.807) is 23.1 Å². The van der Waals surface area contributed by atoms with Crippen LogP contribution in [0.3, 0.4) is 0 Å². The summed E-state index contributed by atoms with van der Waals surface area (Å²) in [6.45, 7) is 3.53. The number of carbonyl (C=O) groups is 1. The first-order valence-corrected chi connectivity index (χ1v) is 7.63. The van der Waals surface area contributed by atoms with Crippen molar-refractivity contribution in [2.75, 3.05) is 32.7 Å². The molecule has 2 heterocycles. The zero-order valence-corrected chi connectivity index (χ0v) is 12.8. The molecule has 0 saturated carbocycles. The number of nitrogens with one attached hydrogen (secondary N) is 1. The molecule has 0 atom stereocenters. The molecular weight excluding hydrogens is 292 g/mol. The molecule has 3 rings (SSSR count). The third kappa shape index (κ3) is 3.10. The van der Waals surface area contributed by atoms with Crippen LogP contribution in [0.5, 0.6) is 0 Å². The molecule has 0 spiro atoms. The topological polar surface area (TPSA) is 69.3 Å². The summed E-state index contributed by atoms with van der Waals surface area (Å²) < 4.78 is 0. The molecular formula is C17H18N4O2. The van der Waals surface area contributed by atoms with Crippen molar-refractivity contribution in [1.82, 2.24) is 20.0 Å². The first-order valence-electron chi connectivity index (χ1n) is 7.63. The molecule has 1 aliphatic rings. The Morgan fingerprint density at radius 2 is 2.00 bits per heavy atom. The first-order chi connectivity index (χ1) is 11.2. The lowest BCUT2D eigenvalue weighted by atomic mass is 10.2. The summed E-state index contributed by atoms with van der Waals surface area (Å²) >= 11 is 0. The van der Waals surface area contributed by atoms with Crippen LogP contribution >= 0.6 is 0 Å². The number of fused-ring (bicyclic) bond motifs is 1. The molecule has 0 bridgehead atoms. The van der Waals surface area contributed by atoms with Crippen LogP contribution in [0, 0.1) is 12.3 Å². The van der Waals surface area contributed by atoms with Gasteiger partial charge in [0.15, 0.2) is 5.69 Å². The average Bonchev–Trinajstić information content (AvgIpc) is 2.60. The summed E-state index contributed by atoms with van der Waals surface area (Å²) in [5.74, 6) is 2.31. The number of rotatable bonds is 3. The van der Waals surface area contributed by atoms with Gasteiger partial charge in [0, 0.05) is 44.5 Å². The van der Waals surface area contributed by atoms with Crippen LogP contribution in [0.15, 0.2) is 29.1 Å². The number of hydrogen-bond acceptors (Lipinski definition) is 4. The Morgan fingerprint density at radius 1 is 1.26 bits per heavy atom. The number of amides is 1. The van der Waals surface area contributed by atoms with Gasteiger partial charge in [0.2, 0.25) is 5.43 Å². The Morgan fingerprint density at radius 3 is 2.74 bits per heavy atom. The number of piperazine rings is 1. The van der Waals surface area contributed by atoms with Gasteiger partial charge in [0.1, 0.15) is 0 Å². The fourth-order valence-electron chi connectivity index (χ4n) is 2.77. The second-order valence-corrected chi connectivity index (χ2v) is 5.53. The summed E-state index contributed by atoms with van der Waals surface area (Å²) in [5.41, 5.74) is 0.271. The maximum absolute atomic E-state index is 12.6. The summed E-state index contributed by atoms with van der Waals surface area (Å²) in [5, 5.41) is 7.25. The van der Waals surface area contributed by atoms with E-state index in [4.69, 9.17) is 6.42 Å².